The summed E-state index contributed by atoms with van der Waals surface area (Å²) in [5, 5.41) is 4.98. The predicted molar refractivity (Wildman–Crippen MR) is 145 cm³/mol. The van der Waals surface area contributed by atoms with Crippen LogP contribution in [-0.2, 0) is 0 Å². The Balaban J connectivity index is 1.56. The van der Waals surface area contributed by atoms with Gasteiger partial charge in [0.2, 0.25) is 0 Å². The number of hydrogen-bond acceptors (Lipinski definition) is 2. The number of rotatable bonds is 5. The second-order valence-electron chi connectivity index (χ2n) is 8.21. The molecule has 5 heteroatoms. The highest BCUT2D eigenvalue weighted by Gasteiger charge is 2.20. The number of H-pyrrole nitrogens is 1. The summed E-state index contributed by atoms with van der Waals surface area (Å²) in [6, 6.07) is 41.1. The minimum Gasteiger partial charge on any atom is -0.336 e. The summed E-state index contributed by atoms with van der Waals surface area (Å²) in [5.74, 6) is 0.766. The lowest BCUT2D eigenvalue weighted by atomic mass is 10.1. The average Bonchev–Trinajstić information content (AvgIpc) is 3.56. The number of benzene rings is 4. The van der Waals surface area contributed by atoms with Crippen LogP contribution in [0.4, 0.5) is 0 Å². The average molecular weight is 517 g/mol. The molecule has 0 aliphatic rings. The predicted octanol–water partition coefficient (Wildman–Crippen LogP) is 8.03. The minimum atomic E-state index is 0.766. The molecule has 2 heterocycles. The molecule has 4 nitrogen and oxygen atoms in total. The van der Waals surface area contributed by atoms with Gasteiger partial charge >= 0.3 is 0 Å². The molecular formula is C30H21BrN4. The molecule has 0 fully saturated rings. The van der Waals surface area contributed by atoms with Crippen molar-refractivity contribution in [2.75, 3.05) is 0 Å². The van der Waals surface area contributed by atoms with Crippen molar-refractivity contribution in [3.05, 3.63) is 126 Å². The molecule has 6 rings (SSSR count). The molecule has 0 saturated carbocycles. The normalized spacial score (nSPS) is 11.0. The highest BCUT2D eigenvalue weighted by Crippen LogP contribution is 2.35. The van der Waals surface area contributed by atoms with Crippen LogP contribution in [0.5, 0.6) is 0 Å². The Morgan fingerprint density at radius 3 is 1.89 bits per heavy atom. The van der Waals surface area contributed by atoms with Gasteiger partial charge in [0.05, 0.1) is 22.8 Å². The first-order chi connectivity index (χ1) is 17.3. The molecule has 0 unspecified atom stereocenters. The van der Waals surface area contributed by atoms with Gasteiger partial charge in [0.25, 0.3) is 0 Å². The maximum Gasteiger partial charge on any atom is 0.157 e. The van der Waals surface area contributed by atoms with Crippen LogP contribution in [0.25, 0.3) is 51.0 Å². The maximum atomic E-state index is 5.11. The van der Waals surface area contributed by atoms with E-state index in [0.29, 0.717) is 0 Å². The van der Waals surface area contributed by atoms with Gasteiger partial charge in [-0.3, -0.25) is 0 Å². The summed E-state index contributed by atoms with van der Waals surface area (Å²) in [6.07, 6.45) is 0. The van der Waals surface area contributed by atoms with Gasteiger partial charge in [-0.05, 0) is 30.3 Å². The Bertz CT molecular complexity index is 1510. The fourth-order valence-electron chi connectivity index (χ4n) is 4.19. The second-order valence-corrected chi connectivity index (χ2v) is 9.13. The van der Waals surface area contributed by atoms with Crippen LogP contribution < -0.4 is 0 Å². The topological polar surface area (TPSA) is 46.5 Å². The summed E-state index contributed by atoms with van der Waals surface area (Å²) in [5.41, 5.74) is 7.85. The van der Waals surface area contributed by atoms with E-state index in [2.05, 4.69) is 75.5 Å². The van der Waals surface area contributed by atoms with E-state index in [-0.39, 0.29) is 0 Å². The van der Waals surface area contributed by atoms with Gasteiger partial charge in [-0.2, -0.15) is 5.10 Å². The molecule has 0 amide bonds. The van der Waals surface area contributed by atoms with E-state index >= 15 is 0 Å². The van der Waals surface area contributed by atoms with E-state index in [1.54, 1.807) is 0 Å². The zero-order chi connectivity index (χ0) is 23.6. The number of imidazole rings is 1. The lowest BCUT2D eigenvalue weighted by molar-refractivity contribution is 0.885. The highest BCUT2D eigenvalue weighted by atomic mass is 79.9. The molecule has 0 aliphatic heterocycles. The third-order valence-corrected chi connectivity index (χ3v) is 6.43. The number of hydrogen-bond donors (Lipinski definition) is 1. The van der Waals surface area contributed by atoms with Crippen molar-refractivity contribution in [1.29, 1.82) is 0 Å². The van der Waals surface area contributed by atoms with Crippen LogP contribution in [0.15, 0.2) is 126 Å². The van der Waals surface area contributed by atoms with E-state index in [4.69, 9.17) is 10.1 Å². The van der Waals surface area contributed by atoms with Crippen LogP contribution in [0.3, 0.4) is 0 Å². The van der Waals surface area contributed by atoms with Crippen LogP contribution in [0, 0.1) is 0 Å². The number of para-hydroxylation sites is 1. The number of nitrogens with one attached hydrogen (secondary N) is 1. The third-order valence-electron chi connectivity index (χ3n) is 5.91. The second kappa shape index (κ2) is 9.20. The van der Waals surface area contributed by atoms with Gasteiger partial charge in [-0.25, -0.2) is 9.67 Å². The van der Waals surface area contributed by atoms with Crippen molar-refractivity contribution in [3.63, 3.8) is 0 Å². The largest absolute Gasteiger partial charge is 0.336 e. The first-order valence-corrected chi connectivity index (χ1v) is 12.2. The summed E-state index contributed by atoms with van der Waals surface area (Å²) >= 11 is 3.53. The molecule has 0 saturated heterocycles. The molecule has 0 radical (unpaired) electrons. The lowest BCUT2D eigenvalue weighted by Gasteiger charge is -2.05. The maximum absolute atomic E-state index is 5.11. The molecule has 168 valence electrons. The number of nitrogens with zero attached hydrogens (tertiary/aromatic N) is 3. The minimum absolute atomic E-state index is 0.766. The molecule has 1 N–H and O–H groups in total. The van der Waals surface area contributed by atoms with E-state index in [9.17, 15) is 0 Å². The summed E-state index contributed by atoms with van der Waals surface area (Å²) < 4.78 is 3.00. The monoisotopic (exact) mass is 516 g/mol. The van der Waals surface area contributed by atoms with Crippen molar-refractivity contribution in [1.82, 2.24) is 19.7 Å². The van der Waals surface area contributed by atoms with Crippen LogP contribution >= 0.6 is 15.9 Å². The molecule has 0 bridgehead atoms. The van der Waals surface area contributed by atoms with E-state index in [0.717, 1.165) is 55.5 Å². The number of halogens is 1. The van der Waals surface area contributed by atoms with Gasteiger partial charge in [0.15, 0.2) is 5.82 Å². The van der Waals surface area contributed by atoms with Crippen LogP contribution in [-0.4, -0.2) is 19.7 Å². The van der Waals surface area contributed by atoms with E-state index in [1.165, 1.54) is 0 Å². The van der Waals surface area contributed by atoms with Crippen LogP contribution in [0.1, 0.15) is 0 Å². The van der Waals surface area contributed by atoms with Gasteiger partial charge < -0.3 is 4.98 Å². The van der Waals surface area contributed by atoms with Crippen LogP contribution in [0.2, 0.25) is 0 Å². The molecule has 0 spiro atoms. The van der Waals surface area contributed by atoms with Gasteiger partial charge in [-0.15, -0.1) is 0 Å². The fourth-order valence-corrected chi connectivity index (χ4v) is 4.46. The number of aromatic nitrogens is 4. The Morgan fingerprint density at radius 1 is 0.629 bits per heavy atom. The Kier molecular flexibility index (Phi) is 5.60. The van der Waals surface area contributed by atoms with Gasteiger partial charge in [0, 0.05) is 21.2 Å². The summed E-state index contributed by atoms with van der Waals surface area (Å²) in [4.78, 5) is 8.73. The standard InChI is InChI=1S/C30H21BrN4/c31-24-18-16-21(17-19-24)26-20-27(35(34-26)25-14-8-3-9-15-25)30-32-28(22-10-4-1-5-11-22)29(33-30)23-12-6-2-7-13-23/h1-20H,(H,32,33). The summed E-state index contributed by atoms with van der Waals surface area (Å²) in [6.45, 7) is 0. The molecule has 2 aromatic heterocycles. The first kappa shape index (κ1) is 21.3. The Hall–Kier alpha value is -4.22. The van der Waals surface area contributed by atoms with Gasteiger partial charge in [0.1, 0.15) is 5.69 Å². The fraction of sp³-hybridized carbons (Fsp3) is 0. The highest BCUT2D eigenvalue weighted by molar-refractivity contribution is 9.10. The molecule has 6 aromatic rings. The molecule has 4 aromatic carbocycles. The lowest BCUT2D eigenvalue weighted by Crippen LogP contribution is -1.99. The Labute approximate surface area is 212 Å². The quantitative estimate of drug-likeness (QED) is 0.252. The van der Waals surface area contributed by atoms with Crippen molar-refractivity contribution in [2.24, 2.45) is 0 Å². The first-order valence-electron chi connectivity index (χ1n) is 11.4. The zero-order valence-corrected chi connectivity index (χ0v) is 20.4. The Morgan fingerprint density at radius 2 is 1.23 bits per heavy atom. The van der Waals surface area contributed by atoms with Gasteiger partial charge in [-0.1, -0.05) is 107 Å². The SMILES string of the molecule is Brc1ccc(-c2cc(-c3nc(-c4ccccc4)c(-c4ccccc4)[nH]3)n(-c3ccccc3)n2)cc1. The van der Waals surface area contributed by atoms with Crippen molar-refractivity contribution < 1.29 is 0 Å². The molecule has 0 atom stereocenters. The zero-order valence-electron chi connectivity index (χ0n) is 18.8. The number of aromatic amines is 1. The van der Waals surface area contributed by atoms with Crippen molar-refractivity contribution >= 4 is 15.9 Å². The van der Waals surface area contributed by atoms with Crippen molar-refractivity contribution in [3.8, 4) is 51.0 Å². The van der Waals surface area contributed by atoms with E-state index < -0.39 is 0 Å². The smallest absolute Gasteiger partial charge is 0.157 e. The third kappa shape index (κ3) is 4.22. The van der Waals surface area contributed by atoms with E-state index in [1.807, 2.05) is 71.4 Å². The molecule has 35 heavy (non-hydrogen) atoms. The molecule has 0 aliphatic carbocycles. The summed E-state index contributed by atoms with van der Waals surface area (Å²) in [7, 11) is 0. The van der Waals surface area contributed by atoms with Crippen molar-refractivity contribution in [2.45, 2.75) is 0 Å². The molecular weight excluding hydrogens is 496 g/mol.